The molecule has 5 heteroatoms. The van der Waals surface area contributed by atoms with E-state index in [1.807, 2.05) is 18.7 Å². The molecule has 1 unspecified atom stereocenters. The van der Waals surface area contributed by atoms with Gasteiger partial charge in [-0.25, -0.2) is 0 Å². The van der Waals surface area contributed by atoms with E-state index in [-0.39, 0.29) is 23.6 Å². The van der Waals surface area contributed by atoms with E-state index >= 15 is 0 Å². The number of carbonyl (C=O) groups is 1. The van der Waals surface area contributed by atoms with Gasteiger partial charge in [-0.1, -0.05) is 37.8 Å². The molecule has 1 atom stereocenters. The maximum Gasteiger partial charge on any atom is 0.225 e. The molecule has 0 aliphatic heterocycles. The maximum atomic E-state index is 12.5. The van der Waals surface area contributed by atoms with Crippen LogP contribution in [0.3, 0.4) is 0 Å². The molecule has 5 nitrogen and oxygen atoms in total. The van der Waals surface area contributed by atoms with Gasteiger partial charge in [0.1, 0.15) is 5.84 Å². The fourth-order valence-corrected chi connectivity index (χ4v) is 2.68. The Morgan fingerprint density at radius 2 is 1.95 bits per heavy atom. The largest absolute Gasteiger partial charge is 0.409 e. The minimum absolute atomic E-state index is 0.111. The van der Waals surface area contributed by atoms with Gasteiger partial charge in [0.2, 0.25) is 5.91 Å². The zero-order valence-corrected chi connectivity index (χ0v) is 12.1. The Hall–Kier alpha value is -1.26. The van der Waals surface area contributed by atoms with E-state index < -0.39 is 0 Å². The van der Waals surface area contributed by atoms with Crippen LogP contribution < -0.4 is 5.73 Å². The molecule has 1 saturated carbocycles. The van der Waals surface area contributed by atoms with Gasteiger partial charge in [-0.2, -0.15) is 0 Å². The van der Waals surface area contributed by atoms with Crippen molar-refractivity contribution in [3.05, 3.63) is 0 Å². The Balaban J connectivity index is 2.59. The zero-order chi connectivity index (χ0) is 14.3. The third-order valence-corrected chi connectivity index (χ3v) is 4.01. The van der Waals surface area contributed by atoms with Crippen LogP contribution in [0.1, 0.15) is 52.4 Å². The molecule has 0 aromatic carbocycles. The second-order valence-electron chi connectivity index (χ2n) is 5.49. The van der Waals surface area contributed by atoms with E-state index in [2.05, 4.69) is 5.16 Å². The third-order valence-electron chi connectivity index (χ3n) is 4.01. The summed E-state index contributed by atoms with van der Waals surface area (Å²) in [7, 11) is 0. The van der Waals surface area contributed by atoms with Crippen molar-refractivity contribution in [2.24, 2.45) is 22.7 Å². The lowest BCUT2D eigenvalue weighted by atomic mass is 9.98. The van der Waals surface area contributed by atoms with Gasteiger partial charge in [-0.3, -0.25) is 4.79 Å². The molecule has 3 N–H and O–H groups in total. The molecule has 0 radical (unpaired) electrons. The first kappa shape index (κ1) is 15.8. The summed E-state index contributed by atoms with van der Waals surface area (Å²) < 4.78 is 0. The molecule has 0 spiro atoms. The van der Waals surface area contributed by atoms with Gasteiger partial charge < -0.3 is 15.8 Å². The fourth-order valence-electron chi connectivity index (χ4n) is 2.68. The SMILES string of the molecule is CCN(CC(C)C(N)=NO)C(=O)C1CCCCCC1. The van der Waals surface area contributed by atoms with Crippen molar-refractivity contribution in [1.82, 2.24) is 4.90 Å². The molecule has 1 aliphatic rings. The highest BCUT2D eigenvalue weighted by atomic mass is 16.4. The summed E-state index contributed by atoms with van der Waals surface area (Å²) in [6.07, 6.45) is 6.82. The van der Waals surface area contributed by atoms with Crippen molar-refractivity contribution in [3.63, 3.8) is 0 Å². The van der Waals surface area contributed by atoms with Crippen molar-refractivity contribution in [3.8, 4) is 0 Å². The predicted molar refractivity (Wildman–Crippen MR) is 76.0 cm³/mol. The van der Waals surface area contributed by atoms with E-state index in [1.165, 1.54) is 12.8 Å². The van der Waals surface area contributed by atoms with Gasteiger partial charge >= 0.3 is 0 Å². The summed E-state index contributed by atoms with van der Waals surface area (Å²) in [4.78, 5) is 14.4. The summed E-state index contributed by atoms with van der Waals surface area (Å²) in [6, 6.07) is 0. The van der Waals surface area contributed by atoms with E-state index in [1.54, 1.807) is 0 Å². The molecule has 0 aromatic heterocycles. The molecule has 1 aliphatic carbocycles. The van der Waals surface area contributed by atoms with E-state index in [9.17, 15) is 4.79 Å². The van der Waals surface area contributed by atoms with Crippen LogP contribution in [0.2, 0.25) is 0 Å². The molecule has 1 fully saturated rings. The molecular weight excluding hydrogens is 242 g/mol. The molecule has 110 valence electrons. The number of oxime groups is 1. The van der Waals surface area contributed by atoms with Crippen LogP contribution in [0.4, 0.5) is 0 Å². The lowest BCUT2D eigenvalue weighted by molar-refractivity contribution is -0.136. The summed E-state index contributed by atoms with van der Waals surface area (Å²) in [6.45, 7) is 5.06. The predicted octanol–water partition coefficient (Wildman–Crippen LogP) is 2.19. The number of amidine groups is 1. The number of carbonyl (C=O) groups excluding carboxylic acids is 1. The molecule has 0 heterocycles. The quantitative estimate of drug-likeness (QED) is 0.264. The topological polar surface area (TPSA) is 78.9 Å². The minimum Gasteiger partial charge on any atom is -0.409 e. The fraction of sp³-hybridized carbons (Fsp3) is 0.857. The second-order valence-corrected chi connectivity index (χ2v) is 5.49. The number of amides is 1. The van der Waals surface area contributed by atoms with Gasteiger partial charge in [0.15, 0.2) is 0 Å². The Bertz CT molecular complexity index is 310. The Morgan fingerprint density at radius 1 is 1.37 bits per heavy atom. The normalized spacial score (nSPS) is 19.8. The number of hydrogen-bond donors (Lipinski definition) is 2. The summed E-state index contributed by atoms with van der Waals surface area (Å²) in [5.41, 5.74) is 5.59. The van der Waals surface area contributed by atoms with Crippen molar-refractivity contribution in [1.29, 1.82) is 0 Å². The van der Waals surface area contributed by atoms with Crippen LogP contribution in [0.15, 0.2) is 5.16 Å². The summed E-state index contributed by atoms with van der Waals surface area (Å²) in [5.74, 6) is 0.482. The number of rotatable bonds is 5. The molecule has 0 saturated heterocycles. The average Bonchev–Trinajstić information content (AvgIpc) is 2.71. The minimum atomic E-state index is -0.111. The van der Waals surface area contributed by atoms with Crippen LogP contribution >= 0.6 is 0 Å². The first-order valence-corrected chi connectivity index (χ1v) is 7.36. The van der Waals surface area contributed by atoms with Gasteiger partial charge in [0, 0.05) is 24.9 Å². The Morgan fingerprint density at radius 3 is 2.42 bits per heavy atom. The molecule has 0 bridgehead atoms. The molecular formula is C14H27N3O2. The first-order valence-electron chi connectivity index (χ1n) is 7.36. The standard InChI is InChI=1S/C14H27N3O2/c1-3-17(10-11(2)13(15)16-19)14(18)12-8-6-4-5-7-9-12/h11-12,19H,3-10H2,1-2H3,(H2,15,16). The van der Waals surface area contributed by atoms with Gasteiger partial charge in [-0.05, 0) is 19.8 Å². The number of nitrogens with two attached hydrogens (primary N) is 1. The van der Waals surface area contributed by atoms with E-state index in [4.69, 9.17) is 10.9 Å². The van der Waals surface area contributed by atoms with Crippen LogP contribution in [-0.4, -0.2) is 34.9 Å². The third kappa shape index (κ3) is 4.73. The van der Waals surface area contributed by atoms with Crippen molar-refractivity contribution in [2.75, 3.05) is 13.1 Å². The highest BCUT2D eigenvalue weighted by molar-refractivity contribution is 5.83. The van der Waals surface area contributed by atoms with E-state index in [0.29, 0.717) is 13.1 Å². The van der Waals surface area contributed by atoms with Crippen LogP contribution in [-0.2, 0) is 4.79 Å². The zero-order valence-electron chi connectivity index (χ0n) is 12.1. The molecule has 1 amide bonds. The Labute approximate surface area is 115 Å². The highest BCUT2D eigenvalue weighted by Crippen LogP contribution is 2.24. The van der Waals surface area contributed by atoms with Crippen molar-refractivity contribution < 1.29 is 10.0 Å². The molecule has 19 heavy (non-hydrogen) atoms. The van der Waals surface area contributed by atoms with Crippen LogP contribution in [0.25, 0.3) is 0 Å². The second kappa shape index (κ2) is 8.02. The number of hydrogen-bond acceptors (Lipinski definition) is 3. The highest BCUT2D eigenvalue weighted by Gasteiger charge is 2.25. The monoisotopic (exact) mass is 269 g/mol. The maximum absolute atomic E-state index is 12.5. The van der Waals surface area contributed by atoms with Gasteiger partial charge in [-0.15, -0.1) is 0 Å². The summed E-state index contributed by atoms with van der Waals surface area (Å²) >= 11 is 0. The van der Waals surface area contributed by atoms with Crippen molar-refractivity contribution in [2.45, 2.75) is 52.4 Å². The smallest absolute Gasteiger partial charge is 0.225 e. The number of nitrogens with zero attached hydrogens (tertiary/aromatic N) is 2. The molecule has 1 rings (SSSR count). The first-order chi connectivity index (χ1) is 9.10. The lowest BCUT2D eigenvalue weighted by Crippen LogP contribution is -2.41. The van der Waals surface area contributed by atoms with Gasteiger partial charge in [0.05, 0.1) is 0 Å². The van der Waals surface area contributed by atoms with Crippen LogP contribution in [0, 0.1) is 11.8 Å². The van der Waals surface area contributed by atoms with Crippen LogP contribution in [0.5, 0.6) is 0 Å². The average molecular weight is 269 g/mol. The lowest BCUT2D eigenvalue weighted by Gasteiger charge is -2.28. The van der Waals surface area contributed by atoms with Gasteiger partial charge in [0.25, 0.3) is 0 Å². The molecule has 0 aromatic rings. The van der Waals surface area contributed by atoms with Crippen molar-refractivity contribution >= 4 is 11.7 Å². The van der Waals surface area contributed by atoms with E-state index in [0.717, 1.165) is 25.7 Å². The Kier molecular flexibility index (Phi) is 6.67. The summed E-state index contributed by atoms with van der Waals surface area (Å²) in [5, 5.41) is 11.7.